The Kier molecular flexibility index (Phi) is 5.11. The van der Waals surface area contributed by atoms with Gasteiger partial charge in [0.1, 0.15) is 0 Å². The van der Waals surface area contributed by atoms with Gasteiger partial charge in [-0.15, -0.1) is 0 Å². The Morgan fingerprint density at radius 1 is 1.12 bits per heavy atom. The summed E-state index contributed by atoms with van der Waals surface area (Å²) in [6, 6.07) is 12.5. The molecule has 0 fully saturated rings. The van der Waals surface area contributed by atoms with Gasteiger partial charge in [0.05, 0.1) is 0 Å². The number of aromatic nitrogens is 1. The molecule has 5 heteroatoms. The zero-order chi connectivity index (χ0) is 18.2. The third kappa shape index (κ3) is 3.70. The molecule has 2 aromatic heterocycles. The van der Waals surface area contributed by atoms with E-state index in [1.165, 1.54) is 3.58 Å². The SMILES string of the molecule is CN(C)CCOC(=O)c1c2cc[c]([Sn]([CH3])([CH3])[CH3])cc2n2ccccc12. The van der Waals surface area contributed by atoms with Gasteiger partial charge in [-0.1, -0.05) is 0 Å². The number of nitrogens with zero attached hydrogens (tertiary/aromatic N) is 2. The summed E-state index contributed by atoms with van der Waals surface area (Å²) in [5.41, 5.74) is 2.68. The number of likely N-dealkylation sites (N-methyl/N-ethyl adjacent to an activating group) is 1. The predicted molar refractivity (Wildman–Crippen MR) is 107 cm³/mol. The number of carbonyl (C=O) groups excluding carboxylic acids is 1. The monoisotopic (exact) mass is 446 g/mol. The Labute approximate surface area is 153 Å². The summed E-state index contributed by atoms with van der Waals surface area (Å²) in [6.07, 6.45) is 2.02. The minimum absolute atomic E-state index is 0.243. The van der Waals surface area contributed by atoms with E-state index in [9.17, 15) is 4.79 Å². The van der Waals surface area contributed by atoms with Gasteiger partial charge in [0, 0.05) is 0 Å². The number of benzene rings is 1. The molecule has 0 atom stereocenters. The average molecular weight is 445 g/mol. The molecule has 0 aliphatic rings. The Morgan fingerprint density at radius 3 is 2.56 bits per heavy atom. The van der Waals surface area contributed by atoms with Gasteiger partial charge < -0.3 is 0 Å². The molecule has 0 saturated carbocycles. The summed E-state index contributed by atoms with van der Waals surface area (Å²) in [5, 5.41) is 0.973. The number of rotatable bonds is 5. The average Bonchev–Trinajstić information content (AvgIpc) is 2.87. The van der Waals surface area contributed by atoms with Crippen LogP contribution in [0.3, 0.4) is 0 Å². The topological polar surface area (TPSA) is 34.0 Å². The molecule has 0 aliphatic heterocycles. The molecule has 25 heavy (non-hydrogen) atoms. The van der Waals surface area contributed by atoms with Crippen LogP contribution in [0, 0.1) is 0 Å². The fourth-order valence-electron chi connectivity index (χ4n) is 3.01. The first-order valence-electron chi connectivity index (χ1n) is 8.64. The second-order valence-electron chi connectivity index (χ2n) is 7.75. The van der Waals surface area contributed by atoms with Crippen LogP contribution in [-0.4, -0.2) is 60.9 Å². The second-order valence-corrected chi connectivity index (χ2v) is 22.2. The van der Waals surface area contributed by atoms with E-state index < -0.39 is 18.4 Å². The van der Waals surface area contributed by atoms with Crippen LogP contribution in [0.1, 0.15) is 10.4 Å². The molecule has 3 aromatic rings. The molecular formula is C20H26N2O2Sn. The number of hydrogen-bond donors (Lipinski definition) is 0. The van der Waals surface area contributed by atoms with Crippen molar-refractivity contribution < 1.29 is 9.53 Å². The predicted octanol–water partition coefficient (Wildman–Crippen LogP) is 3.36. The van der Waals surface area contributed by atoms with E-state index in [1.807, 2.05) is 43.4 Å². The summed E-state index contributed by atoms with van der Waals surface area (Å²) in [6.45, 7) is 1.12. The number of ether oxygens (including phenoxy) is 1. The Morgan fingerprint density at radius 2 is 1.88 bits per heavy atom. The minimum atomic E-state index is -2.18. The number of esters is 1. The summed E-state index contributed by atoms with van der Waals surface area (Å²) in [7, 11) is 3.94. The van der Waals surface area contributed by atoms with Gasteiger partial charge in [-0.05, 0) is 0 Å². The van der Waals surface area contributed by atoms with Crippen LogP contribution in [0.25, 0.3) is 16.4 Å². The van der Waals surface area contributed by atoms with Crippen molar-refractivity contribution in [1.82, 2.24) is 9.30 Å². The molecule has 1 aromatic carbocycles. The normalized spacial score (nSPS) is 12.2. The molecule has 0 spiro atoms. The first-order valence-corrected chi connectivity index (χ1v) is 18.6. The first kappa shape index (κ1) is 18.3. The van der Waals surface area contributed by atoms with E-state index in [1.54, 1.807) is 0 Å². The summed E-state index contributed by atoms with van der Waals surface area (Å²) in [4.78, 5) is 22.0. The van der Waals surface area contributed by atoms with Crippen molar-refractivity contribution in [1.29, 1.82) is 0 Å². The molecule has 3 rings (SSSR count). The standard InChI is InChI=1S/C17H17N2O2.3CH3.Sn/c1-18(2)11-12-21-17(20)16-13-7-3-4-8-14(13)19-10-6-5-9-15(16)19;;;;/h3,5-10H,11-12H2,1-2H3;3*1H3;. The van der Waals surface area contributed by atoms with Crippen molar-refractivity contribution in [2.24, 2.45) is 0 Å². The second kappa shape index (κ2) is 7.00. The van der Waals surface area contributed by atoms with Gasteiger partial charge in [0.25, 0.3) is 0 Å². The molecule has 0 saturated heterocycles. The zero-order valence-corrected chi connectivity index (χ0v) is 18.5. The zero-order valence-electron chi connectivity index (χ0n) is 15.7. The van der Waals surface area contributed by atoms with Crippen LogP contribution in [0.5, 0.6) is 0 Å². The van der Waals surface area contributed by atoms with Crippen molar-refractivity contribution in [3.05, 3.63) is 48.2 Å². The Bertz CT molecular complexity index is 922. The van der Waals surface area contributed by atoms with Crippen molar-refractivity contribution in [3.63, 3.8) is 0 Å². The summed E-state index contributed by atoms with van der Waals surface area (Å²) >= 11 is -2.18. The number of carbonyl (C=O) groups is 1. The first-order chi connectivity index (χ1) is 11.8. The van der Waals surface area contributed by atoms with Gasteiger partial charge in [-0.25, -0.2) is 0 Å². The molecule has 2 heterocycles. The van der Waals surface area contributed by atoms with Gasteiger partial charge in [-0.2, -0.15) is 0 Å². The van der Waals surface area contributed by atoms with Crippen molar-refractivity contribution >= 4 is 44.3 Å². The van der Waals surface area contributed by atoms with Crippen molar-refractivity contribution in [3.8, 4) is 0 Å². The maximum absolute atomic E-state index is 12.8. The third-order valence-electron chi connectivity index (χ3n) is 4.48. The van der Waals surface area contributed by atoms with Crippen LogP contribution in [-0.2, 0) is 4.74 Å². The molecule has 0 N–H and O–H groups in total. The summed E-state index contributed by atoms with van der Waals surface area (Å²) in [5.74, 6) is -0.243. The van der Waals surface area contributed by atoms with Gasteiger partial charge in [0.15, 0.2) is 0 Å². The summed E-state index contributed by atoms with van der Waals surface area (Å²) < 4.78 is 9.10. The Hall–Kier alpha value is -1.53. The van der Waals surface area contributed by atoms with Gasteiger partial charge in [-0.3, -0.25) is 0 Å². The van der Waals surface area contributed by atoms with Gasteiger partial charge >= 0.3 is 153 Å². The van der Waals surface area contributed by atoms with E-state index in [0.717, 1.165) is 23.0 Å². The quantitative estimate of drug-likeness (QED) is 0.447. The number of pyridine rings is 1. The molecule has 0 unspecified atom stereocenters. The molecule has 0 aliphatic carbocycles. The van der Waals surface area contributed by atoms with E-state index in [2.05, 4.69) is 37.4 Å². The molecule has 4 nitrogen and oxygen atoms in total. The number of fused-ring (bicyclic) bond motifs is 3. The maximum atomic E-state index is 12.8. The Balaban J connectivity index is 2.12. The third-order valence-corrected chi connectivity index (χ3v) is 10.3. The van der Waals surface area contributed by atoms with Crippen LogP contribution in [0.15, 0.2) is 42.6 Å². The van der Waals surface area contributed by atoms with E-state index in [4.69, 9.17) is 4.74 Å². The molecular weight excluding hydrogens is 419 g/mol. The van der Waals surface area contributed by atoms with Crippen LogP contribution >= 0.6 is 0 Å². The fraction of sp³-hybridized carbons (Fsp3) is 0.350. The molecule has 132 valence electrons. The van der Waals surface area contributed by atoms with Gasteiger partial charge in [0.2, 0.25) is 0 Å². The van der Waals surface area contributed by atoms with Crippen LogP contribution in [0.4, 0.5) is 0 Å². The molecule has 0 radical (unpaired) electrons. The molecule has 0 bridgehead atoms. The number of hydrogen-bond acceptors (Lipinski definition) is 3. The van der Waals surface area contributed by atoms with Crippen LogP contribution < -0.4 is 3.58 Å². The van der Waals surface area contributed by atoms with E-state index in [0.29, 0.717) is 12.2 Å². The van der Waals surface area contributed by atoms with Crippen molar-refractivity contribution in [2.75, 3.05) is 27.2 Å². The van der Waals surface area contributed by atoms with Crippen molar-refractivity contribution in [2.45, 2.75) is 14.8 Å². The molecule has 0 amide bonds. The van der Waals surface area contributed by atoms with E-state index >= 15 is 0 Å². The van der Waals surface area contributed by atoms with E-state index in [-0.39, 0.29) is 5.97 Å². The van der Waals surface area contributed by atoms with Crippen LogP contribution in [0.2, 0.25) is 14.8 Å². The fourth-order valence-corrected chi connectivity index (χ4v) is 6.30.